The standard InChI is InChI=1S/C18H16F3NO5/c1-9(17(23)22-12-8-7-11(19)14(20)15(12)21)27-18(24)10-5-4-6-13(25-2)16(10)26-3/h4-9H,1-3H3,(H,22,23). The second kappa shape index (κ2) is 8.43. The first-order valence-corrected chi connectivity index (χ1v) is 7.66. The van der Waals surface area contributed by atoms with Crippen LogP contribution in [0.5, 0.6) is 11.5 Å². The van der Waals surface area contributed by atoms with Crippen LogP contribution in [0.15, 0.2) is 30.3 Å². The van der Waals surface area contributed by atoms with Crippen LogP contribution in [0.2, 0.25) is 0 Å². The molecule has 27 heavy (non-hydrogen) atoms. The molecule has 144 valence electrons. The third-order valence-corrected chi connectivity index (χ3v) is 3.57. The van der Waals surface area contributed by atoms with Gasteiger partial charge in [0.2, 0.25) is 0 Å². The molecule has 0 bridgehead atoms. The SMILES string of the molecule is COc1cccc(C(=O)OC(C)C(=O)Nc2ccc(F)c(F)c2F)c1OC. The lowest BCUT2D eigenvalue weighted by Gasteiger charge is -2.16. The minimum Gasteiger partial charge on any atom is -0.493 e. The summed E-state index contributed by atoms with van der Waals surface area (Å²) in [6, 6.07) is 6.01. The second-order valence-corrected chi connectivity index (χ2v) is 5.30. The van der Waals surface area contributed by atoms with Gasteiger partial charge in [-0.3, -0.25) is 4.79 Å². The molecule has 9 heteroatoms. The largest absolute Gasteiger partial charge is 0.493 e. The number of carbonyl (C=O) groups is 2. The van der Waals surface area contributed by atoms with Crippen LogP contribution >= 0.6 is 0 Å². The number of anilines is 1. The molecule has 0 radical (unpaired) electrons. The van der Waals surface area contributed by atoms with Crippen molar-refractivity contribution in [1.82, 2.24) is 0 Å². The highest BCUT2D eigenvalue weighted by atomic mass is 19.2. The van der Waals surface area contributed by atoms with Gasteiger partial charge in [-0.05, 0) is 31.2 Å². The normalized spacial score (nSPS) is 11.5. The molecule has 0 saturated heterocycles. The van der Waals surface area contributed by atoms with Crippen LogP contribution in [0.4, 0.5) is 18.9 Å². The van der Waals surface area contributed by atoms with Gasteiger partial charge in [0, 0.05) is 0 Å². The molecule has 0 heterocycles. The summed E-state index contributed by atoms with van der Waals surface area (Å²) in [5.41, 5.74) is -0.573. The molecule has 0 aliphatic heterocycles. The Hall–Kier alpha value is -3.23. The van der Waals surface area contributed by atoms with Crippen molar-refractivity contribution in [3.63, 3.8) is 0 Å². The van der Waals surface area contributed by atoms with E-state index in [0.717, 1.165) is 6.07 Å². The number of esters is 1. The number of carbonyl (C=O) groups excluding carboxylic acids is 2. The molecule has 1 unspecified atom stereocenters. The molecule has 6 nitrogen and oxygen atoms in total. The van der Waals surface area contributed by atoms with Gasteiger partial charge in [-0.15, -0.1) is 0 Å². The lowest BCUT2D eigenvalue weighted by molar-refractivity contribution is -0.123. The van der Waals surface area contributed by atoms with Crippen molar-refractivity contribution in [2.45, 2.75) is 13.0 Å². The van der Waals surface area contributed by atoms with E-state index in [-0.39, 0.29) is 17.1 Å². The Morgan fingerprint density at radius 3 is 2.33 bits per heavy atom. The first-order valence-electron chi connectivity index (χ1n) is 7.66. The van der Waals surface area contributed by atoms with E-state index in [0.29, 0.717) is 6.07 Å². The zero-order valence-corrected chi connectivity index (χ0v) is 14.6. The molecule has 2 aromatic carbocycles. The summed E-state index contributed by atoms with van der Waals surface area (Å²) < 4.78 is 55.0. The van der Waals surface area contributed by atoms with Gasteiger partial charge in [-0.2, -0.15) is 0 Å². The predicted octanol–water partition coefficient (Wildman–Crippen LogP) is 3.31. The maximum absolute atomic E-state index is 13.6. The van der Waals surface area contributed by atoms with E-state index in [1.807, 2.05) is 5.32 Å². The van der Waals surface area contributed by atoms with Gasteiger partial charge in [-0.25, -0.2) is 18.0 Å². The number of hydrogen-bond acceptors (Lipinski definition) is 5. The first kappa shape index (κ1) is 20.1. The van der Waals surface area contributed by atoms with Crippen LogP contribution in [0.1, 0.15) is 17.3 Å². The molecule has 1 atom stereocenters. The average molecular weight is 383 g/mol. The molecule has 1 amide bonds. The average Bonchev–Trinajstić information content (AvgIpc) is 2.67. The number of benzene rings is 2. The van der Waals surface area contributed by atoms with E-state index in [4.69, 9.17) is 14.2 Å². The van der Waals surface area contributed by atoms with Gasteiger partial charge in [0.15, 0.2) is 35.1 Å². The van der Waals surface area contributed by atoms with Crippen LogP contribution in [0.3, 0.4) is 0 Å². The Bertz CT molecular complexity index is 872. The van der Waals surface area contributed by atoms with E-state index in [9.17, 15) is 22.8 Å². The summed E-state index contributed by atoms with van der Waals surface area (Å²) in [7, 11) is 2.72. The molecular formula is C18H16F3NO5. The monoisotopic (exact) mass is 383 g/mol. The van der Waals surface area contributed by atoms with E-state index < -0.39 is 41.1 Å². The summed E-state index contributed by atoms with van der Waals surface area (Å²) in [5, 5.41) is 2.03. The molecule has 0 aliphatic carbocycles. The Kier molecular flexibility index (Phi) is 6.27. The number of halogens is 3. The molecule has 2 aromatic rings. The number of hydrogen-bond donors (Lipinski definition) is 1. The van der Waals surface area contributed by atoms with E-state index in [1.165, 1.54) is 33.3 Å². The summed E-state index contributed by atoms with van der Waals surface area (Å²) in [6.07, 6.45) is -1.36. The molecule has 0 fully saturated rings. The number of amides is 1. The number of para-hydroxylation sites is 1. The highest BCUT2D eigenvalue weighted by Gasteiger charge is 2.24. The predicted molar refractivity (Wildman–Crippen MR) is 89.4 cm³/mol. The minimum atomic E-state index is -1.72. The summed E-state index contributed by atoms with van der Waals surface area (Å²) in [4.78, 5) is 24.4. The molecule has 0 aliphatic rings. The van der Waals surface area contributed by atoms with Crippen molar-refractivity contribution < 1.29 is 37.0 Å². The van der Waals surface area contributed by atoms with Crippen LogP contribution in [-0.2, 0) is 9.53 Å². The fourth-order valence-electron chi connectivity index (χ4n) is 2.18. The van der Waals surface area contributed by atoms with Crippen molar-refractivity contribution in [3.05, 3.63) is 53.3 Å². The molecule has 0 spiro atoms. The number of ether oxygens (including phenoxy) is 3. The topological polar surface area (TPSA) is 73.9 Å². The molecular weight excluding hydrogens is 367 g/mol. The number of methoxy groups -OCH3 is 2. The summed E-state index contributed by atoms with van der Waals surface area (Å²) in [5.74, 6) is -6.10. The van der Waals surface area contributed by atoms with Gasteiger partial charge >= 0.3 is 5.97 Å². The molecule has 0 saturated carbocycles. The number of nitrogens with one attached hydrogen (secondary N) is 1. The third kappa shape index (κ3) is 4.30. The van der Waals surface area contributed by atoms with Crippen molar-refractivity contribution in [3.8, 4) is 11.5 Å². The fraction of sp³-hybridized carbons (Fsp3) is 0.222. The zero-order valence-electron chi connectivity index (χ0n) is 14.6. The smallest absolute Gasteiger partial charge is 0.342 e. The van der Waals surface area contributed by atoms with E-state index >= 15 is 0 Å². The summed E-state index contributed by atoms with van der Waals surface area (Å²) >= 11 is 0. The van der Waals surface area contributed by atoms with Crippen molar-refractivity contribution in [1.29, 1.82) is 0 Å². The van der Waals surface area contributed by atoms with Crippen LogP contribution in [0.25, 0.3) is 0 Å². The summed E-state index contributed by atoms with van der Waals surface area (Å²) in [6.45, 7) is 1.23. The van der Waals surface area contributed by atoms with E-state index in [1.54, 1.807) is 6.07 Å². The first-order chi connectivity index (χ1) is 12.8. The fourth-order valence-corrected chi connectivity index (χ4v) is 2.18. The van der Waals surface area contributed by atoms with Crippen LogP contribution < -0.4 is 14.8 Å². The van der Waals surface area contributed by atoms with Gasteiger partial charge in [0.25, 0.3) is 5.91 Å². The zero-order chi connectivity index (χ0) is 20.1. The van der Waals surface area contributed by atoms with Crippen molar-refractivity contribution in [2.24, 2.45) is 0 Å². The second-order valence-electron chi connectivity index (χ2n) is 5.30. The van der Waals surface area contributed by atoms with E-state index in [2.05, 4.69) is 0 Å². The lowest BCUT2D eigenvalue weighted by Crippen LogP contribution is -2.30. The Labute approximate surface area is 152 Å². The Morgan fingerprint density at radius 1 is 1.00 bits per heavy atom. The van der Waals surface area contributed by atoms with Gasteiger partial charge < -0.3 is 19.5 Å². The molecule has 0 aromatic heterocycles. The Morgan fingerprint density at radius 2 is 1.70 bits per heavy atom. The molecule has 2 rings (SSSR count). The lowest BCUT2D eigenvalue weighted by atomic mass is 10.2. The highest BCUT2D eigenvalue weighted by molar-refractivity contribution is 5.98. The Balaban J connectivity index is 2.13. The highest BCUT2D eigenvalue weighted by Crippen LogP contribution is 2.31. The maximum atomic E-state index is 13.6. The molecule has 1 N–H and O–H groups in total. The van der Waals surface area contributed by atoms with Crippen molar-refractivity contribution >= 4 is 17.6 Å². The van der Waals surface area contributed by atoms with Gasteiger partial charge in [-0.1, -0.05) is 6.07 Å². The quantitative estimate of drug-likeness (QED) is 0.612. The van der Waals surface area contributed by atoms with Crippen LogP contribution in [-0.4, -0.2) is 32.2 Å². The third-order valence-electron chi connectivity index (χ3n) is 3.57. The minimum absolute atomic E-state index is 0.00973. The van der Waals surface area contributed by atoms with Crippen LogP contribution in [0, 0.1) is 17.5 Å². The number of rotatable bonds is 6. The maximum Gasteiger partial charge on any atom is 0.342 e. The van der Waals surface area contributed by atoms with Crippen molar-refractivity contribution in [2.75, 3.05) is 19.5 Å². The van der Waals surface area contributed by atoms with Gasteiger partial charge in [0.05, 0.1) is 19.9 Å². The van der Waals surface area contributed by atoms with Gasteiger partial charge in [0.1, 0.15) is 5.56 Å².